The Morgan fingerprint density at radius 2 is 1.91 bits per heavy atom. The fourth-order valence-electron chi connectivity index (χ4n) is 0.634. The molecule has 0 saturated carbocycles. The third kappa shape index (κ3) is 2.90. The highest BCUT2D eigenvalue weighted by atomic mass is 31.0. The van der Waals surface area contributed by atoms with Crippen molar-refractivity contribution in [2.24, 2.45) is 0 Å². The standard InChI is InChI=1S/C9H16NP/c1-6-10(5)8(3)7(2)9(4)11/h6H,1,4,11H2,2-3,5H3/b8-7+. The highest BCUT2D eigenvalue weighted by Gasteiger charge is 1.99. The van der Waals surface area contributed by atoms with Crippen LogP contribution in [-0.2, 0) is 0 Å². The Labute approximate surface area is 71.7 Å². The van der Waals surface area contributed by atoms with Gasteiger partial charge in [-0.2, -0.15) is 0 Å². The smallest absolute Gasteiger partial charge is 0.0175 e. The van der Waals surface area contributed by atoms with Crippen LogP contribution in [-0.4, -0.2) is 11.9 Å². The van der Waals surface area contributed by atoms with Crippen LogP contribution in [0.3, 0.4) is 0 Å². The van der Waals surface area contributed by atoms with Crippen LogP contribution in [0.25, 0.3) is 0 Å². The largest absolute Gasteiger partial charge is 0.355 e. The molecule has 0 radical (unpaired) electrons. The maximum atomic E-state index is 3.84. The maximum absolute atomic E-state index is 3.84. The maximum Gasteiger partial charge on any atom is 0.0175 e. The molecule has 11 heavy (non-hydrogen) atoms. The van der Waals surface area contributed by atoms with E-state index in [-0.39, 0.29) is 0 Å². The van der Waals surface area contributed by atoms with Crippen LogP contribution in [0, 0.1) is 0 Å². The first-order chi connectivity index (χ1) is 5.00. The first kappa shape index (κ1) is 10.4. The summed E-state index contributed by atoms with van der Waals surface area (Å²) in [5.41, 5.74) is 2.37. The second-order valence-electron chi connectivity index (χ2n) is 2.53. The molecule has 2 heteroatoms. The first-order valence-electron chi connectivity index (χ1n) is 3.48. The van der Waals surface area contributed by atoms with Gasteiger partial charge in [-0.3, -0.25) is 0 Å². The minimum atomic E-state index is 1.02. The normalized spacial score (nSPS) is 12.0. The molecule has 0 heterocycles. The summed E-state index contributed by atoms with van der Waals surface area (Å²) in [6.45, 7) is 11.6. The third-order valence-electron chi connectivity index (χ3n) is 1.83. The molecule has 0 fully saturated rings. The van der Waals surface area contributed by atoms with E-state index in [9.17, 15) is 0 Å². The zero-order valence-corrected chi connectivity index (χ0v) is 8.67. The van der Waals surface area contributed by atoms with Crippen molar-refractivity contribution in [3.63, 3.8) is 0 Å². The van der Waals surface area contributed by atoms with Gasteiger partial charge in [0.1, 0.15) is 0 Å². The van der Waals surface area contributed by atoms with Crippen molar-refractivity contribution in [2.75, 3.05) is 7.05 Å². The van der Waals surface area contributed by atoms with Crippen LogP contribution in [0.5, 0.6) is 0 Å². The Balaban J connectivity index is 4.64. The zero-order chi connectivity index (χ0) is 9.02. The van der Waals surface area contributed by atoms with Crippen LogP contribution in [0.1, 0.15) is 13.8 Å². The van der Waals surface area contributed by atoms with Crippen LogP contribution in [0.2, 0.25) is 0 Å². The lowest BCUT2D eigenvalue weighted by Gasteiger charge is -2.17. The van der Waals surface area contributed by atoms with Crippen LogP contribution in [0.4, 0.5) is 0 Å². The second-order valence-corrected chi connectivity index (χ2v) is 3.23. The van der Waals surface area contributed by atoms with Gasteiger partial charge in [0.15, 0.2) is 0 Å². The van der Waals surface area contributed by atoms with Gasteiger partial charge >= 0.3 is 0 Å². The molecule has 0 saturated heterocycles. The number of nitrogens with zero attached hydrogens (tertiary/aromatic N) is 1. The van der Waals surface area contributed by atoms with Gasteiger partial charge in [-0.05, 0) is 30.9 Å². The zero-order valence-electron chi connectivity index (χ0n) is 7.52. The third-order valence-corrected chi connectivity index (χ3v) is 2.26. The first-order valence-corrected chi connectivity index (χ1v) is 4.06. The van der Waals surface area contributed by atoms with E-state index in [2.05, 4.69) is 22.4 Å². The highest BCUT2D eigenvalue weighted by molar-refractivity contribution is 7.23. The molecule has 0 rings (SSSR count). The SMILES string of the molecule is C=CN(C)/C(C)=C(\C)C(=C)P. The second kappa shape index (κ2) is 4.35. The number of hydrogen-bond acceptors (Lipinski definition) is 1. The molecule has 0 aliphatic heterocycles. The summed E-state index contributed by atoms with van der Waals surface area (Å²) >= 11 is 0. The van der Waals surface area contributed by atoms with E-state index in [1.54, 1.807) is 6.20 Å². The minimum Gasteiger partial charge on any atom is -0.355 e. The van der Waals surface area contributed by atoms with Gasteiger partial charge in [0, 0.05) is 12.7 Å². The lowest BCUT2D eigenvalue weighted by atomic mass is 10.2. The molecule has 0 aromatic carbocycles. The van der Waals surface area contributed by atoms with E-state index in [0.717, 1.165) is 5.31 Å². The molecule has 0 aliphatic rings. The molecule has 0 aromatic rings. The molecule has 0 amide bonds. The lowest BCUT2D eigenvalue weighted by molar-refractivity contribution is 0.566. The number of hydrogen-bond donors (Lipinski definition) is 0. The van der Waals surface area contributed by atoms with Gasteiger partial charge in [-0.1, -0.05) is 13.2 Å². The molecular weight excluding hydrogens is 153 g/mol. The summed E-state index contributed by atoms with van der Waals surface area (Å²) in [4.78, 5) is 1.98. The Kier molecular flexibility index (Phi) is 4.14. The highest BCUT2D eigenvalue weighted by Crippen LogP contribution is 2.19. The molecule has 1 unspecified atom stereocenters. The Morgan fingerprint density at radius 3 is 2.18 bits per heavy atom. The summed E-state index contributed by atoms with van der Waals surface area (Å²) in [6, 6.07) is 0. The topological polar surface area (TPSA) is 3.24 Å². The van der Waals surface area contributed by atoms with Crippen LogP contribution in [0.15, 0.2) is 35.9 Å². The molecule has 1 atom stereocenters. The summed E-state index contributed by atoms with van der Waals surface area (Å²) in [5, 5.41) is 1.02. The fraction of sp³-hybridized carbons (Fsp3) is 0.333. The van der Waals surface area contributed by atoms with Gasteiger partial charge in [0.25, 0.3) is 0 Å². The Bertz CT molecular complexity index is 204. The molecule has 62 valence electrons. The summed E-state index contributed by atoms with van der Waals surface area (Å²) in [6.07, 6.45) is 1.78. The van der Waals surface area contributed by atoms with E-state index in [1.807, 2.05) is 25.8 Å². The summed E-state index contributed by atoms with van der Waals surface area (Å²) in [5.74, 6) is 0. The predicted molar refractivity (Wildman–Crippen MR) is 55.2 cm³/mol. The quantitative estimate of drug-likeness (QED) is 0.464. The van der Waals surface area contributed by atoms with Gasteiger partial charge < -0.3 is 4.90 Å². The number of rotatable bonds is 3. The molecule has 0 aromatic heterocycles. The van der Waals surface area contributed by atoms with Crippen molar-refractivity contribution in [3.05, 3.63) is 35.9 Å². The molecule has 1 nitrogen and oxygen atoms in total. The lowest BCUT2D eigenvalue weighted by Crippen LogP contribution is -2.08. The molecule has 0 aliphatic carbocycles. The number of allylic oxidation sites excluding steroid dienone is 3. The van der Waals surface area contributed by atoms with Crippen molar-refractivity contribution < 1.29 is 0 Å². The van der Waals surface area contributed by atoms with Gasteiger partial charge in [0.2, 0.25) is 0 Å². The van der Waals surface area contributed by atoms with E-state index in [4.69, 9.17) is 0 Å². The van der Waals surface area contributed by atoms with Crippen molar-refractivity contribution in [1.82, 2.24) is 4.90 Å². The van der Waals surface area contributed by atoms with E-state index in [1.165, 1.54) is 11.3 Å². The van der Waals surface area contributed by atoms with Crippen molar-refractivity contribution in [1.29, 1.82) is 0 Å². The molecule has 0 spiro atoms. The molecular formula is C9H16NP. The van der Waals surface area contributed by atoms with Crippen LogP contribution >= 0.6 is 9.24 Å². The Morgan fingerprint density at radius 1 is 1.45 bits per heavy atom. The van der Waals surface area contributed by atoms with Crippen molar-refractivity contribution >= 4 is 9.24 Å². The van der Waals surface area contributed by atoms with Gasteiger partial charge in [-0.15, -0.1) is 9.24 Å². The predicted octanol–water partition coefficient (Wildman–Crippen LogP) is 2.74. The molecule has 0 bridgehead atoms. The van der Waals surface area contributed by atoms with Crippen molar-refractivity contribution in [3.8, 4) is 0 Å². The fourth-order valence-corrected chi connectivity index (χ4v) is 0.843. The average Bonchev–Trinajstić information content (AvgIpc) is 2.00. The van der Waals surface area contributed by atoms with Crippen LogP contribution < -0.4 is 0 Å². The van der Waals surface area contributed by atoms with E-state index in [0.29, 0.717) is 0 Å². The van der Waals surface area contributed by atoms with Crippen molar-refractivity contribution in [2.45, 2.75) is 13.8 Å². The van der Waals surface area contributed by atoms with E-state index < -0.39 is 0 Å². The molecule has 0 N–H and O–H groups in total. The monoisotopic (exact) mass is 169 g/mol. The minimum absolute atomic E-state index is 1.02. The van der Waals surface area contributed by atoms with E-state index >= 15 is 0 Å². The van der Waals surface area contributed by atoms with Gasteiger partial charge in [-0.25, -0.2) is 0 Å². The summed E-state index contributed by atoms with van der Waals surface area (Å²) in [7, 11) is 4.57. The van der Waals surface area contributed by atoms with Gasteiger partial charge in [0.05, 0.1) is 0 Å². The average molecular weight is 169 g/mol. The Hall–Kier alpha value is -0.550. The summed E-state index contributed by atoms with van der Waals surface area (Å²) < 4.78 is 0.